The second kappa shape index (κ2) is 9.95. The molecular formula is C31H30F3NO3. The van der Waals surface area contributed by atoms with E-state index in [1.54, 1.807) is 12.1 Å². The van der Waals surface area contributed by atoms with E-state index in [0.29, 0.717) is 18.4 Å². The number of nitrogens with zero attached hydrogens (tertiary/aromatic N) is 1. The smallest absolute Gasteiger partial charge is 0.335 e. The van der Waals surface area contributed by atoms with Crippen molar-refractivity contribution < 1.29 is 27.8 Å². The molecule has 1 aliphatic heterocycles. The maximum absolute atomic E-state index is 15.8. The fourth-order valence-corrected chi connectivity index (χ4v) is 5.66. The molecule has 0 saturated heterocycles. The zero-order chi connectivity index (χ0) is 27.2. The second-order valence-corrected chi connectivity index (χ2v) is 10.8. The number of ether oxygens (including phenoxy) is 1. The Morgan fingerprint density at radius 1 is 1.08 bits per heavy atom. The first-order chi connectivity index (χ1) is 18.0. The molecule has 1 heterocycles. The van der Waals surface area contributed by atoms with Crippen LogP contribution in [-0.4, -0.2) is 34.2 Å². The van der Waals surface area contributed by atoms with Crippen molar-refractivity contribution in [3.63, 3.8) is 0 Å². The molecule has 5 rings (SSSR count). The lowest BCUT2D eigenvalue weighted by atomic mass is 9.84. The van der Waals surface area contributed by atoms with E-state index in [1.807, 2.05) is 36.1 Å². The fraction of sp³-hybridized carbons (Fsp3) is 0.323. The Kier molecular flexibility index (Phi) is 6.82. The molecule has 3 aromatic carbocycles. The van der Waals surface area contributed by atoms with Crippen LogP contribution < -0.4 is 4.74 Å². The van der Waals surface area contributed by atoms with Crippen LogP contribution in [0.4, 0.5) is 13.2 Å². The predicted octanol–water partition coefficient (Wildman–Crippen LogP) is 7.14. The van der Waals surface area contributed by atoms with E-state index in [0.717, 1.165) is 22.3 Å². The quantitative estimate of drug-likeness (QED) is 0.359. The Labute approximate surface area is 220 Å². The van der Waals surface area contributed by atoms with Crippen molar-refractivity contribution in [2.75, 3.05) is 6.54 Å². The predicted molar refractivity (Wildman–Crippen MR) is 140 cm³/mol. The minimum Gasteiger partial charge on any atom is -0.489 e. The first-order valence-electron chi connectivity index (χ1n) is 12.7. The molecule has 1 N–H and O–H groups in total. The highest BCUT2D eigenvalue weighted by atomic mass is 19.1. The van der Waals surface area contributed by atoms with Crippen LogP contribution in [-0.2, 0) is 13.0 Å². The lowest BCUT2D eigenvalue weighted by molar-refractivity contribution is 0.0676. The molecule has 0 fully saturated rings. The van der Waals surface area contributed by atoms with Crippen LogP contribution in [0.1, 0.15) is 65.8 Å². The molecular weight excluding hydrogens is 491 g/mol. The van der Waals surface area contributed by atoms with Gasteiger partial charge in [0.25, 0.3) is 0 Å². The van der Waals surface area contributed by atoms with E-state index in [9.17, 15) is 9.18 Å². The Morgan fingerprint density at radius 3 is 2.37 bits per heavy atom. The van der Waals surface area contributed by atoms with Crippen LogP contribution in [0, 0.1) is 11.6 Å². The molecule has 0 aromatic heterocycles. The van der Waals surface area contributed by atoms with Crippen molar-refractivity contribution in [3.05, 3.63) is 106 Å². The van der Waals surface area contributed by atoms with Crippen LogP contribution in [0.25, 0.3) is 5.57 Å². The average Bonchev–Trinajstić information content (AvgIpc) is 3.21. The summed E-state index contributed by atoms with van der Waals surface area (Å²) in [5, 5.41) is 9.04. The number of aromatic carboxylic acids is 1. The number of fused-ring (bicyclic) bond motifs is 2. The summed E-state index contributed by atoms with van der Waals surface area (Å²) in [5.41, 5.74) is 3.38. The summed E-state index contributed by atoms with van der Waals surface area (Å²) >= 11 is 0. The molecule has 0 spiro atoms. The molecule has 0 saturated carbocycles. The first kappa shape index (κ1) is 26.0. The Balaban J connectivity index is 1.49. The Morgan fingerprint density at radius 2 is 1.74 bits per heavy atom. The van der Waals surface area contributed by atoms with Gasteiger partial charge in [-0.05, 0) is 73.6 Å². The van der Waals surface area contributed by atoms with Gasteiger partial charge in [-0.3, -0.25) is 4.90 Å². The molecule has 2 atom stereocenters. The van der Waals surface area contributed by atoms with Gasteiger partial charge in [0.05, 0.1) is 11.6 Å². The van der Waals surface area contributed by atoms with Crippen molar-refractivity contribution in [3.8, 4) is 5.75 Å². The van der Waals surface area contributed by atoms with Crippen LogP contribution in [0.2, 0.25) is 0 Å². The largest absolute Gasteiger partial charge is 0.489 e. The summed E-state index contributed by atoms with van der Waals surface area (Å²) in [6, 6.07) is 15.6. The van der Waals surface area contributed by atoms with Gasteiger partial charge in [-0.2, -0.15) is 0 Å². The normalized spacial score (nSPS) is 19.3. The third-order valence-corrected chi connectivity index (χ3v) is 7.33. The molecule has 7 heteroatoms. The Hall–Kier alpha value is -3.58. The summed E-state index contributed by atoms with van der Waals surface area (Å²) < 4.78 is 52.1. The van der Waals surface area contributed by atoms with Gasteiger partial charge in [0, 0.05) is 30.3 Å². The minimum atomic E-state index is -1.55. The summed E-state index contributed by atoms with van der Waals surface area (Å²) in [6.45, 7) is 5.00. The number of carboxylic acids is 1. The fourth-order valence-electron chi connectivity index (χ4n) is 5.66. The molecule has 3 aromatic rings. The lowest BCUT2D eigenvalue weighted by Gasteiger charge is -2.44. The molecule has 0 amide bonds. The molecule has 1 aliphatic carbocycles. The standard InChI is InChI=1S/C31H30F3NO3/c1-18-12-24-23-7-5-4-6-21(23)13-25(24)29(35(18)17-31(2,3)34)28-26(32)14-22(15-27(28)33)38-16-19-8-10-20(11-9-19)30(36)37/h4-11,14-15,18,29H,12-13,16-17H2,1-3H3,(H,36,37)/t18-,29+/m1/s1. The van der Waals surface area contributed by atoms with E-state index >= 15 is 8.78 Å². The molecule has 4 nitrogen and oxygen atoms in total. The highest BCUT2D eigenvalue weighted by Gasteiger charge is 2.42. The number of hydrogen-bond acceptors (Lipinski definition) is 3. The van der Waals surface area contributed by atoms with Gasteiger partial charge in [-0.25, -0.2) is 18.0 Å². The van der Waals surface area contributed by atoms with Gasteiger partial charge >= 0.3 is 5.97 Å². The highest BCUT2D eigenvalue weighted by molar-refractivity contribution is 5.87. The molecule has 0 bridgehead atoms. The van der Waals surface area contributed by atoms with E-state index < -0.39 is 29.3 Å². The molecule has 2 aliphatic rings. The first-order valence-corrected chi connectivity index (χ1v) is 12.7. The number of rotatable bonds is 7. The molecule has 38 heavy (non-hydrogen) atoms. The molecule has 0 unspecified atom stereocenters. The van der Waals surface area contributed by atoms with E-state index in [2.05, 4.69) is 0 Å². The Bertz CT molecular complexity index is 1390. The summed E-state index contributed by atoms with van der Waals surface area (Å²) in [5.74, 6) is -2.51. The summed E-state index contributed by atoms with van der Waals surface area (Å²) in [4.78, 5) is 12.9. The van der Waals surface area contributed by atoms with Crippen LogP contribution in [0.5, 0.6) is 5.75 Å². The second-order valence-electron chi connectivity index (χ2n) is 10.8. The monoisotopic (exact) mass is 521 g/mol. The number of halogens is 3. The van der Waals surface area contributed by atoms with Crippen molar-refractivity contribution >= 4 is 11.5 Å². The van der Waals surface area contributed by atoms with Gasteiger partial charge in [-0.1, -0.05) is 36.4 Å². The van der Waals surface area contributed by atoms with Crippen molar-refractivity contribution in [1.29, 1.82) is 0 Å². The van der Waals surface area contributed by atoms with Crippen molar-refractivity contribution in [2.24, 2.45) is 0 Å². The third-order valence-electron chi connectivity index (χ3n) is 7.33. The highest BCUT2D eigenvalue weighted by Crippen LogP contribution is 2.50. The van der Waals surface area contributed by atoms with Gasteiger partial charge < -0.3 is 9.84 Å². The zero-order valence-electron chi connectivity index (χ0n) is 21.6. The third kappa shape index (κ3) is 5.07. The topological polar surface area (TPSA) is 49.8 Å². The number of carbonyl (C=O) groups is 1. The molecule has 0 radical (unpaired) electrons. The van der Waals surface area contributed by atoms with Crippen molar-refractivity contribution in [1.82, 2.24) is 4.90 Å². The van der Waals surface area contributed by atoms with Crippen LogP contribution in [0.3, 0.4) is 0 Å². The molecule has 198 valence electrons. The summed E-state index contributed by atoms with van der Waals surface area (Å²) in [6.07, 6.45) is 1.25. The van der Waals surface area contributed by atoms with Crippen molar-refractivity contribution in [2.45, 2.75) is 58.0 Å². The summed E-state index contributed by atoms with van der Waals surface area (Å²) in [7, 11) is 0. The number of carboxylic acid groups (broad SMARTS) is 1. The minimum absolute atomic E-state index is 0.0192. The van der Waals surface area contributed by atoms with Crippen LogP contribution in [0.15, 0.2) is 66.2 Å². The average molecular weight is 522 g/mol. The van der Waals surface area contributed by atoms with Crippen LogP contribution >= 0.6 is 0 Å². The van der Waals surface area contributed by atoms with E-state index in [-0.39, 0.29) is 36.1 Å². The SMILES string of the molecule is C[C@@H]1CC2=C(Cc3ccccc32)[C@@H](c2c(F)cc(OCc3ccc(C(=O)O)cc3)cc2F)N1CC(C)(C)F. The van der Waals surface area contributed by atoms with E-state index in [1.165, 1.54) is 38.1 Å². The van der Waals surface area contributed by atoms with Gasteiger partial charge in [-0.15, -0.1) is 0 Å². The number of hydrogen-bond donors (Lipinski definition) is 1. The van der Waals surface area contributed by atoms with E-state index in [4.69, 9.17) is 9.84 Å². The van der Waals surface area contributed by atoms with Gasteiger partial charge in [0.15, 0.2) is 0 Å². The number of alkyl halides is 1. The maximum Gasteiger partial charge on any atom is 0.335 e. The van der Waals surface area contributed by atoms with Gasteiger partial charge in [0.1, 0.15) is 29.7 Å². The van der Waals surface area contributed by atoms with Gasteiger partial charge in [0.2, 0.25) is 0 Å². The maximum atomic E-state index is 15.8. The zero-order valence-corrected chi connectivity index (χ0v) is 21.6. The number of benzene rings is 3. The lowest BCUT2D eigenvalue weighted by Crippen LogP contribution is -2.47.